The first-order valence-corrected chi connectivity index (χ1v) is 10.4. The molecule has 0 aliphatic carbocycles. The van der Waals surface area contributed by atoms with Crippen molar-refractivity contribution in [2.24, 2.45) is 0 Å². The number of furan rings is 1. The quantitative estimate of drug-likeness (QED) is 0.498. The first kappa shape index (κ1) is 22.0. The molecule has 4 rings (SSSR count). The molecule has 3 aromatic rings. The van der Waals surface area contributed by atoms with Gasteiger partial charge in [-0.2, -0.15) is 13.2 Å². The van der Waals surface area contributed by atoms with Crippen LogP contribution in [0.4, 0.5) is 13.2 Å². The number of alkyl halides is 3. The van der Waals surface area contributed by atoms with Crippen LogP contribution in [0.2, 0.25) is 0 Å². The third-order valence-corrected chi connectivity index (χ3v) is 5.59. The Hall–Kier alpha value is -3.20. The molecule has 2 aromatic carbocycles. The average molecular weight is 448 g/mol. The summed E-state index contributed by atoms with van der Waals surface area (Å²) in [5.74, 6) is -0.908. The molecular formula is C23H23F3N2O4. The van der Waals surface area contributed by atoms with Gasteiger partial charge in [0, 0.05) is 16.5 Å². The van der Waals surface area contributed by atoms with Gasteiger partial charge in [-0.3, -0.25) is 4.79 Å². The van der Waals surface area contributed by atoms with Crippen molar-refractivity contribution in [2.45, 2.75) is 25.4 Å². The number of nitrogens with one attached hydrogen (secondary N) is 1. The first-order chi connectivity index (χ1) is 15.2. The van der Waals surface area contributed by atoms with E-state index in [9.17, 15) is 28.2 Å². The Kier molecular flexibility index (Phi) is 6.01. The van der Waals surface area contributed by atoms with Crippen LogP contribution in [0.25, 0.3) is 22.3 Å². The summed E-state index contributed by atoms with van der Waals surface area (Å²) in [5.41, 5.74) is 1.11. The van der Waals surface area contributed by atoms with Crippen molar-refractivity contribution in [3.05, 3.63) is 47.5 Å². The minimum Gasteiger partial charge on any atom is -0.508 e. The van der Waals surface area contributed by atoms with E-state index in [0.717, 1.165) is 32.5 Å². The number of benzene rings is 2. The van der Waals surface area contributed by atoms with E-state index in [1.807, 2.05) is 5.32 Å². The fraction of sp³-hybridized carbons (Fsp3) is 0.348. The molecule has 6 nitrogen and oxygen atoms in total. The molecule has 2 heterocycles. The van der Waals surface area contributed by atoms with E-state index in [1.54, 1.807) is 0 Å². The lowest BCUT2D eigenvalue weighted by Crippen LogP contribution is -2.37. The molecular weight excluding hydrogens is 425 g/mol. The second-order valence-corrected chi connectivity index (χ2v) is 7.89. The molecule has 3 N–H and O–H groups in total. The van der Waals surface area contributed by atoms with Crippen LogP contribution in [0.5, 0.6) is 11.5 Å². The second kappa shape index (κ2) is 8.74. The van der Waals surface area contributed by atoms with Gasteiger partial charge in [0.2, 0.25) is 0 Å². The number of carbonyl (C=O) groups is 1. The van der Waals surface area contributed by atoms with Gasteiger partial charge in [-0.1, -0.05) is 0 Å². The van der Waals surface area contributed by atoms with E-state index in [-0.39, 0.29) is 22.8 Å². The topological polar surface area (TPSA) is 85.9 Å². The lowest BCUT2D eigenvalue weighted by Gasteiger charge is -2.30. The molecule has 170 valence electrons. The summed E-state index contributed by atoms with van der Waals surface area (Å²) in [4.78, 5) is 15.2. The molecule has 0 radical (unpaired) electrons. The van der Waals surface area contributed by atoms with Crippen LogP contribution in [0.3, 0.4) is 0 Å². The molecule has 0 atom stereocenters. The maximum absolute atomic E-state index is 12.9. The number of nitrogens with zero attached hydrogens (tertiary/aromatic N) is 1. The summed E-state index contributed by atoms with van der Waals surface area (Å²) in [6, 6.07) is 8.77. The maximum Gasteiger partial charge on any atom is 0.405 e. The molecule has 1 amide bonds. The SMILES string of the molecule is O=C(NCC(F)(F)F)c1c(-c2ccc(O)cc2)oc2ccc(O)c(CCCN3CCC3)c12. The predicted molar refractivity (Wildman–Crippen MR) is 113 cm³/mol. The second-order valence-electron chi connectivity index (χ2n) is 7.89. The van der Waals surface area contributed by atoms with Crippen molar-refractivity contribution in [3.8, 4) is 22.8 Å². The Balaban J connectivity index is 1.78. The van der Waals surface area contributed by atoms with Gasteiger partial charge in [-0.15, -0.1) is 0 Å². The number of amides is 1. The minimum absolute atomic E-state index is 0.00254. The van der Waals surface area contributed by atoms with E-state index >= 15 is 0 Å². The minimum atomic E-state index is -4.57. The number of phenolic OH excluding ortho intramolecular Hbond substituents is 2. The zero-order chi connectivity index (χ0) is 22.9. The summed E-state index contributed by atoms with van der Waals surface area (Å²) in [6.45, 7) is 1.39. The van der Waals surface area contributed by atoms with Crippen LogP contribution in [-0.4, -0.2) is 53.4 Å². The van der Waals surface area contributed by atoms with Crippen LogP contribution >= 0.6 is 0 Å². The largest absolute Gasteiger partial charge is 0.508 e. The number of fused-ring (bicyclic) bond motifs is 1. The molecule has 1 fully saturated rings. The molecule has 1 aromatic heterocycles. The summed E-state index contributed by atoms with van der Waals surface area (Å²) in [5, 5.41) is 22.3. The molecule has 9 heteroatoms. The van der Waals surface area contributed by atoms with Crippen LogP contribution in [-0.2, 0) is 6.42 Å². The van der Waals surface area contributed by atoms with Crippen molar-refractivity contribution in [3.63, 3.8) is 0 Å². The maximum atomic E-state index is 12.9. The molecule has 1 saturated heterocycles. The van der Waals surface area contributed by atoms with Crippen molar-refractivity contribution < 1.29 is 32.6 Å². The first-order valence-electron chi connectivity index (χ1n) is 10.4. The number of hydrogen-bond donors (Lipinski definition) is 3. The van der Waals surface area contributed by atoms with E-state index < -0.39 is 18.6 Å². The van der Waals surface area contributed by atoms with E-state index in [1.165, 1.54) is 36.4 Å². The summed E-state index contributed by atoms with van der Waals surface area (Å²) in [6.07, 6.45) is -2.26. The third kappa shape index (κ3) is 4.67. The van der Waals surface area contributed by atoms with Gasteiger partial charge >= 0.3 is 6.18 Å². The summed E-state index contributed by atoms with van der Waals surface area (Å²) in [7, 11) is 0. The average Bonchev–Trinajstić information content (AvgIpc) is 3.09. The summed E-state index contributed by atoms with van der Waals surface area (Å²) >= 11 is 0. The van der Waals surface area contributed by atoms with Crippen molar-refractivity contribution in [2.75, 3.05) is 26.2 Å². The standard InChI is InChI=1S/C23H23F3N2O4/c24-23(25,26)13-27-22(31)20-19-16(3-1-10-28-11-2-12-28)17(30)8-9-18(19)32-21(20)14-4-6-15(29)7-5-14/h4-9,29-30H,1-3,10-13H2,(H,27,31). The van der Waals surface area contributed by atoms with E-state index in [4.69, 9.17) is 4.42 Å². The number of aromatic hydroxyl groups is 2. The molecule has 0 spiro atoms. The smallest absolute Gasteiger partial charge is 0.405 e. The number of likely N-dealkylation sites (tertiary alicyclic amines) is 1. The van der Waals surface area contributed by atoms with Gasteiger partial charge in [0.15, 0.2) is 0 Å². The van der Waals surface area contributed by atoms with Crippen LogP contribution in [0.1, 0.15) is 28.8 Å². The lowest BCUT2D eigenvalue weighted by molar-refractivity contribution is -0.123. The molecule has 32 heavy (non-hydrogen) atoms. The van der Waals surface area contributed by atoms with Gasteiger partial charge in [0.25, 0.3) is 5.91 Å². The fourth-order valence-electron chi connectivity index (χ4n) is 3.89. The van der Waals surface area contributed by atoms with Gasteiger partial charge in [-0.25, -0.2) is 0 Å². The number of rotatable bonds is 7. The summed E-state index contributed by atoms with van der Waals surface area (Å²) < 4.78 is 44.1. The molecule has 1 aliphatic heterocycles. The number of carbonyl (C=O) groups excluding carboxylic acids is 1. The fourth-order valence-corrected chi connectivity index (χ4v) is 3.89. The predicted octanol–water partition coefficient (Wildman–Crippen LogP) is 4.44. The number of phenols is 2. The Bertz CT molecular complexity index is 1120. The Morgan fingerprint density at radius 1 is 1.09 bits per heavy atom. The molecule has 1 aliphatic rings. The zero-order valence-electron chi connectivity index (χ0n) is 17.2. The highest BCUT2D eigenvalue weighted by Crippen LogP contribution is 2.39. The molecule has 0 unspecified atom stereocenters. The lowest BCUT2D eigenvalue weighted by atomic mass is 9.97. The third-order valence-electron chi connectivity index (χ3n) is 5.59. The molecule has 0 bridgehead atoms. The number of hydrogen-bond acceptors (Lipinski definition) is 5. The highest BCUT2D eigenvalue weighted by Gasteiger charge is 2.31. The van der Waals surface area contributed by atoms with Crippen molar-refractivity contribution in [1.82, 2.24) is 10.2 Å². The highest BCUT2D eigenvalue weighted by molar-refractivity contribution is 6.12. The van der Waals surface area contributed by atoms with E-state index in [2.05, 4.69) is 4.90 Å². The van der Waals surface area contributed by atoms with Crippen LogP contribution < -0.4 is 5.32 Å². The van der Waals surface area contributed by atoms with Crippen LogP contribution in [0.15, 0.2) is 40.8 Å². The van der Waals surface area contributed by atoms with Crippen molar-refractivity contribution >= 4 is 16.9 Å². The normalized spacial score (nSPS) is 14.5. The van der Waals surface area contributed by atoms with Gasteiger partial charge in [0.05, 0.1) is 5.56 Å². The Morgan fingerprint density at radius 3 is 2.44 bits per heavy atom. The number of halogens is 3. The Labute approximate surface area is 182 Å². The molecule has 0 saturated carbocycles. The number of aryl methyl sites for hydroxylation is 1. The van der Waals surface area contributed by atoms with Crippen LogP contribution in [0, 0.1) is 0 Å². The highest BCUT2D eigenvalue weighted by atomic mass is 19.4. The van der Waals surface area contributed by atoms with Gasteiger partial charge in [-0.05, 0) is 75.3 Å². The van der Waals surface area contributed by atoms with Gasteiger partial charge < -0.3 is 24.8 Å². The van der Waals surface area contributed by atoms with Crippen molar-refractivity contribution in [1.29, 1.82) is 0 Å². The van der Waals surface area contributed by atoms with Gasteiger partial charge in [0.1, 0.15) is 29.4 Å². The monoisotopic (exact) mass is 448 g/mol. The zero-order valence-corrected chi connectivity index (χ0v) is 17.2. The Morgan fingerprint density at radius 2 is 1.81 bits per heavy atom. The van der Waals surface area contributed by atoms with E-state index in [0.29, 0.717) is 28.5 Å².